The fourth-order valence-corrected chi connectivity index (χ4v) is 8.85. The molecule has 6 nitrogen and oxygen atoms in total. The Kier molecular flexibility index (Phi) is 27.5. The molecule has 53 heavy (non-hydrogen) atoms. The highest BCUT2D eigenvalue weighted by atomic mass is 16.5. The molecule has 1 atom stereocenters. The zero-order valence-corrected chi connectivity index (χ0v) is 35.7. The predicted molar refractivity (Wildman–Crippen MR) is 223 cm³/mol. The molecule has 3 rings (SSSR count). The molecule has 0 aromatic heterocycles. The van der Waals surface area contributed by atoms with E-state index in [1.807, 2.05) is 14.1 Å². The molecular weight excluding hydrogens is 659 g/mol. The highest BCUT2D eigenvalue weighted by Gasteiger charge is 2.39. The van der Waals surface area contributed by atoms with Crippen LogP contribution < -0.4 is 0 Å². The van der Waals surface area contributed by atoms with Crippen LogP contribution in [0.15, 0.2) is 12.3 Å². The molecule has 310 valence electrons. The molecule has 0 amide bonds. The highest BCUT2D eigenvalue weighted by Crippen LogP contribution is 2.52. The molecule has 0 saturated heterocycles. The molecule has 3 saturated carbocycles. The minimum atomic E-state index is -0.0436. The number of allylic oxidation sites excluding steroid dienone is 1. The van der Waals surface area contributed by atoms with E-state index in [0.717, 1.165) is 102 Å². The minimum absolute atomic E-state index is 0.0245. The third-order valence-electron chi connectivity index (χ3n) is 12.6. The molecule has 0 spiro atoms. The van der Waals surface area contributed by atoms with E-state index in [1.54, 1.807) is 0 Å². The lowest BCUT2D eigenvalue weighted by Gasteiger charge is -2.46. The Morgan fingerprint density at radius 2 is 1.15 bits per heavy atom. The van der Waals surface area contributed by atoms with E-state index in [0.29, 0.717) is 30.8 Å². The van der Waals surface area contributed by atoms with Gasteiger partial charge in [0.15, 0.2) is 0 Å². The van der Waals surface area contributed by atoms with Gasteiger partial charge in [-0.05, 0) is 134 Å². The van der Waals surface area contributed by atoms with Crippen molar-refractivity contribution >= 4 is 11.9 Å². The van der Waals surface area contributed by atoms with Crippen LogP contribution in [0, 0.1) is 17.3 Å². The lowest BCUT2D eigenvalue weighted by atomic mass is 9.59. The molecule has 1 unspecified atom stereocenters. The molecule has 0 N–H and O–H groups in total. The van der Waals surface area contributed by atoms with Crippen molar-refractivity contribution in [3.63, 3.8) is 0 Å². The van der Waals surface area contributed by atoms with Gasteiger partial charge in [-0.1, -0.05) is 110 Å². The molecule has 3 fully saturated rings. The number of ether oxygens (including phenoxy) is 3. The van der Waals surface area contributed by atoms with Gasteiger partial charge in [-0.25, -0.2) is 0 Å². The third-order valence-corrected chi connectivity index (χ3v) is 12.6. The van der Waals surface area contributed by atoms with Crippen molar-refractivity contribution in [2.24, 2.45) is 17.3 Å². The molecule has 3 aliphatic rings. The number of rotatable bonds is 36. The molecule has 0 radical (unpaired) electrons. The summed E-state index contributed by atoms with van der Waals surface area (Å²) in [5.74, 6) is 2.63. The van der Waals surface area contributed by atoms with Crippen LogP contribution in [0.2, 0.25) is 0 Å². The van der Waals surface area contributed by atoms with Crippen molar-refractivity contribution < 1.29 is 23.8 Å². The molecule has 6 heteroatoms. The van der Waals surface area contributed by atoms with E-state index < -0.39 is 0 Å². The van der Waals surface area contributed by atoms with Crippen LogP contribution in [0.5, 0.6) is 0 Å². The van der Waals surface area contributed by atoms with Crippen LogP contribution in [0.1, 0.15) is 219 Å². The summed E-state index contributed by atoms with van der Waals surface area (Å²) in [5.41, 5.74) is 0.579. The van der Waals surface area contributed by atoms with Crippen LogP contribution >= 0.6 is 0 Å². The first-order valence-electron chi connectivity index (χ1n) is 23.1. The quantitative estimate of drug-likeness (QED) is 0.0361. The standard InChI is InChI=1S/C47H87NO5/c1-6-8-16-24-42(25-17-9-7-2)33-39-52-45(49)28-21-15-11-14-20-27-44(53-46(50)29-22-38-48(4)5)26-19-13-10-12-18-23-41(3)51-40-37-47-34-30-43(31-35-47)32-36-47/h42-44H,3,6-40H2,1-2,4-5H3. The normalized spacial score (nSPS) is 18.8. The summed E-state index contributed by atoms with van der Waals surface area (Å²) in [5, 5.41) is 0. The van der Waals surface area contributed by atoms with Crippen molar-refractivity contribution in [2.45, 2.75) is 225 Å². The van der Waals surface area contributed by atoms with Crippen LogP contribution in [0.3, 0.4) is 0 Å². The Morgan fingerprint density at radius 1 is 0.623 bits per heavy atom. The van der Waals surface area contributed by atoms with Gasteiger partial charge < -0.3 is 19.1 Å². The van der Waals surface area contributed by atoms with Gasteiger partial charge in [0.1, 0.15) is 6.10 Å². The molecule has 0 heterocycles. The number of unbranched alkanes of at least 4 members (excludes halogenated alkanes) is 12. The average molecular weight is 746 g/mol. The zero-order chi connectivity index (χ0) is 38.4. The van der Waals surface area contributed by atoms with Crippen molar-refractivity contribution in [1.29, 1.82) is 0 Å². The molecule has 0 aromatic rings. The Bertz CT molecular complexity index is 902. The van der Waals surface area contributed by atoms with Gasteiger partial charge in [0.25, 0.3) is 0 Å². The highest BCUT2D eigenvalue weighted by molar-refractivity contribution is 5.69. The summed E-state index contributed by atoms with van der Waals surface area (Å²) in [6, 6.07) is 0. The summed E-state index contributed by atoms with van der Waals surface area (Å²) in [7, 11) is 4.09. The summed E-state index contributed by atoms with van der Waals surface area (Å²) in [6.45, 7) is 11.1. The van der Waals surface area contributed by atoms with E-state index >= 15 is 0 Å². The second kappa shape index (κ2) is 30.6. The Labute approximate surface area is 328 Å². The number of esters is 2. The zero-order valence-electron chi connectivity index (χ0n) is 35.7. The summed E-state index contributed by atoms with van der Waals surface area (Å²) in [6.07, 6.45) is 37.0. The second-order valence-corrected chi connectivity index (χ2v) is 17.6. The third kappa shape index (κ3) is 24.5. The lowest BCUT2D eigenvalue weighted by molar-refractivity contribution is -0.150. The Balaban J connectivity index is 1.55. The van der Waals surface area contributed by atoms with Crippen molar-refractivity contribution in [1.82, 2.24) is 4.90 Å². The Hall–Kier alpha value is -1.56. The molecule has 0 aliphatic heterocycles. The Morgan fingerprint density at radius 3 is 1.74 bits per heavy atom. The maximum Gasteiger partial charge on any atom is 0.306 e. The first-order chi connectivity index (χ1) is 25.7. The van der Waals surface area contributed by atoms with Crippen molar-refractivity contribution in [3.8, 4) is 0 Å². The molecule has 2 bridgehead atoms. The minimum Gasteiger partial charge on any atom is -0.499 e. The average Bonchev–Trinajstić information content (AvgIpc) is 3.14. The van der Waals surface area contributed by atoms with E-state index in [-0.39, 0.29) is 18.0 Å². The summed E-state index contributed by atoms with van der Waals surface area (Å²) >= 11 is 0. The number of hydrogen-bond donors (Lipinski definition) is 0. The van der Waals surface area contributed by atoms with Crippen LogP contribution in [0.4, 0.5) is 0 Å². The number of carbonyl (C=O) groups is 2. The largest absolute Gasteiger partial charge is 0.499 e. The number of nitrogens with zero attached hydrogens (tertiary/aromatic N) is 1. The molecular formula is C47H87NO5. The smallest absolute Gasteiger partial charge is 0.306 e. The van der Waals surface area contributed by atoms with Gasteiger partial charge in [0.2, 0.25) is 0 Å². The first kappa shape index (κ1) is 47.6. The fourth-order valence-electron chi connectivity index (χ4n) is 8.85. The lowest BCUT2D eigenvalue weighted by Crippen LogP contribution is -2.34. The van der Waals surface area contributed by atoms with Gasteiger partial charge in [-0.2, -0.15) is 0 Å². The van der Waals surface area contributed by atoms with Crippen LogP contribution in [-0.2, 0) is 23.8 Å². The van der Waals surface area contributed by atoms with Gasteiger partial charge >= 0.3 is 11.9 Å². The number of fused-ring (bicyclic) bond motifs is 3. The first-order valence-corrected chi connectivity index (χ1v) is 23.1. The molecule has 0 aromatic carbocycles. The number of hydrogen-bond acceptors (Lipinski definition) is 6. The molecule has 3 aliphatic carbocycles. The van der Waals surface area contributed by atoms with Gasteiger partial charge in [-0.15, -0.1) is 0 Å². The fraction of sp³-hybridized carbons (Fsp3) is 0.915. The summed E-state index contributed by atoms with van der Waals surface area (Å²) in [4.78, 5) is 27.1. The van der Waals surface area contributed by atoms with Crippen LogP contribution in [-0.4, -0.2) is 56.8 Å². The van der Waals surface area contributed by atoms with E-state index in [4.69, 9.17) is 14.2 Å². The van der Waals surface area contributed by atoms with Crippen LogP contribution in [0.25, 0.3) is 0 Å². The van der Waals surface area contributed by atoms with Crippen molar-refractivity contribution in [3.05, 3.63) is 12.3 Å². The summed E-state index contributed by atoms with van der Waals surface area (Å²) < 4.78 is 17.7. The predicted octanol–water partition coefficient (Wildman–Crippen LogP) is 13.3. The maximum atomic E-state index is 12.6. The topological polar surface area (TPSA) is 65.1 Å². The number of carbonyl (C=O) groups excluding carboxylic acids is 2. The van der Waals surface area contributed by atoms with Crippen molar-refractivity contribution in [2.75, 3.05) is 33.9 Å². The van der Waals surface area contributed by atoms with Gasteiger partial charge in [-0.3, -0.25) is 9.59 Å². The van der Waals surface area contributed by atoms with Gasteiger partial charge in [0.05, 0.1) is 19.0 Å². The van der Waals surface area contributed by atoms with E-state index in [1.165, 1.54) is 116 Å². The SMILES string of the molecule is C=C(CCCCCCCC(CCCCCCCC(=O)OCCC(CCCCC)CCCCC)OC(=O)CCCN(C)C)OCCC12CCC(CC1)CC2. The van der Waals surface area contributed by atoms with E-state index in [9.17, 15) is 9.59 Å². The monoisotopic (exact) mass is 746 g/mol. The second-order valence-electron chi connectivity index (χ2n) is 17.6. The van der Waals surface area contributed by atoms with E-state index in [2.05, 4.69) is 25.3 Å². The maximum absolute atomic E-state index is 12.6. The van der Waals surface area contributed by atoms with Gasteiger partial charge in [0, 0.05) is 19.3 Å².